The SMILES string of the molecule is CC(C)(C[C@@H](c1ccccc1-c1ccc(Cl)cc1)C1CCNCC1)S(N)=O. The summed E-state index contributed by atoms with van der Waals surface area (Å²) in [5.41, 5.74) is 3.72. The van der Waals surface area contributed by atoms with Crippen LogP contribution >= 0.6 is 11.6 Å². The van der Waals surface area contributed by atoms with Gasteiger partial charge in [0, 0.05) is 5.02 Å². The molecule has 1 aliphatic rings. The van der Waals surface area contributed by atoms with Crippen LogP contribution < -0.4 is 10.5 Å². The molecule has 5 heteroatoms. The molecule has 2 aromatic rings. The van der Waals surface area contributed by atoms with Crippen LogP contribution in [0.25, 0.3) is 11.1 Å². The van der Waals surface area contributed by atoms with Crippen molar-refractivity contribution in [3.8, 4) is 11.1 Å². The van der Waals surface area contributed by atoms with Crippen LogP contribution in [0.5, 0.6) is 0 Å². The second kappa shape index (κ2) is 8.87. The summed E-state index contributed by atoms with van der Waals surface area (Å²) in [6, 6.07) is 16.6. The average molecular weight is 405 g/mol. The van der Waals surface area contributed by atoms with E-state index >= 15 is 0 Å². The van der Waals surface area contributed by atoms with Gasteiger partial charge in [0.2, 0.25) is 0 Å². The molecule has 0 radical (unpaired) electrons. The molecule has 0 aliphatic carbocycles. The van der Waals surface area contributed by atoms with Gasteiger partial charge in [0.25, 0.3) is 0 Å². The lowest BCUT2D eigenvalue weighted by atomic mass is 9.74. The first-order valence-corrected chi connectivity index (χ1v) is 11.2. The largest absolute Gasteiger partial charge is 0.317 e. The van der Waals surface area contributed by atoms with Gasteiger partial charge in [0.15, 0.2) is 0 Å². The smallest absolute Gasteiger partial charge is 0.0945 e. The summed E-state index contributed by atoms with van der Waals surface area (Å²) in [5, 5.41) is 10.0. The molecule has 1 saturated heterocycles. The molecule has 0 aromatic heterocycles. The third-order valence-electron chi connectivity index (χ3n) is 5.72. The van der Waals surface area contributed by atoms with Crippen LogP contribution in [-0.2, 0) is 11.0 Å². The predicted molar refractivity (Wildman–Crippen MR) is 116 cm³/mol. The molecular formula is C22H29ClN2OS. The molecule has 0 spiro atoms. The van der Waals surface area contributed by atoms with Crippen LogP contribution in [0, 0.1) is 5.92 Å². The number of nitrogens with two attached hydrogens (primary N) is 1. The van der Waals surface area contributed by atoms with Crippen LogP contribution in [-0.4, -0.2) is 22.0 Å². The van der Waals surface area contributed by atoms with Crippen molar-refractivity contribution in [1.29, 1.82) is 0 Å². The number of hydrogen-bond acceptors (Lipinski definition) is 2. The van der Waals surface area contributed by atoms with E-state index in [4.69, 9.17) is 16.7 Å². The maximum atomic E-state index is 12.2. The fourth-order valence-corrected chi connectivity index (χ4v) is 4.57. The second-order valence-electron chi connectivity index (χ2n) is 8.05. The Hall–Kier alpha value is -1.20. The van der Waals surface area contributed by atoms with E-state index in [1.54, 1.807) is 0 Å². The van der Waals surface area contributed by atoms with Crippen molar-refractivity contribution in [3.63, 3.8) is 0 Å². The zero-order valence-electron chi connectivity index (χ0n) is 16.1. The molecule has 2 atom stereocenters. The van der Waals surface area contributed by atoms with Gasteiger partial charge in [-0.2, -0.15) is 0 Å². The minimum atomic E-state index is -1.36. The fraction of sp³-hybridized carbons (Fsp3) is 0.455. The molecule has 3 nitrogen and oxygen atoms in total. The Kier molecular flexibility index (Phi) is 6.74. The molecule has 1 heterocycles. The maximum Gasteiger partial charge on any atom is 0.0945 e. The summed E-state index contributed by atoms with van der Waals surface area (Å²) in [4.78, 5) is 0. The van der Waals surface area contributed by atoms with Crippen LogP contribution in [0.2, 0.25) is 5.02 Å². The normalized spacial score (nSPS) is 18.2. The Labute approximate surface area is 170 Å². The van der Waals surface area contributed by atoms with Crippen molar-refractivity contribution in [2.45, 2.75) is 43.8 Å². The van der Waals surface area contributed by atoms with Gasteiger partial charge in [0.1, 0.15) is 0 Å². The molecule has 27 heavy (non-hydrogen) atoms. The van der Waals surface area contributed by atoms with E-state index < -0.39 is 15.7 Å². The predicted octanol–water partition coefficient (Wildman–Crippen LogP) is 4.88. The number of piperidine rings is 1. The van der Waals surface area contributed by atoms with Crippen molar-refractivity contribution in [2.24, 2.45) is 11.1 Å². The molecule has 146 valence electrons. The summed E-state index contributed by atoms with van der Waals surface area (Å²) < 4.78 is 11.7. The highest BCUT2D eigenvalue weighted by molar-refractivity contribution is 7.84. The molecule has 3 rings (SSSR count). The molecule has 0 saturated carbocycles. The van der Waals surface area contributed by atoms with E-state index in [1.807, 2.05) is 26.0 Å². The first-order valence-electron chi connectivity index (χ1n) is 9.60. The van der Waals surface area contributed by atoms with Gasteiger partial charge >= 0.3 is 0 Å². The van der Waals surface area contributed by atoms with Crippen molar-refractivity contribution < 1.29 is 4.21 Å². The third-order valence-corrected chi connectivity index (χ3v) is 7.23. The third kappa shape index (κ3) is 5.00. The molecular weight excluding hydrogens is 376 g/mol. The Morgan fingerprint density at radius 3 is 2.41 bits per heavy atom. The highest BCUT2D eigenvalue weighted by Crippen LogP contribution is 2.42. The van der Waals surface area contributed by atoms with Crippen LogP contribution in [0.15, 0.2) is 48.5 Å². The van der Waals surface area contributed by atoms with E-state index in [2.05, 4.69) is 41.7 Å². The maximum absolute atomic E-state index is 12.2. The minimum absolute atomic E-state index is 0.321. The number of nitrogens with one attached hydrogen (secondary N) is 1. The summed E-state index contributed by atoms with van der Waals surface area (Å²) in [5.74, 6) is 0.879. The van der Waals surface area contributed by atoms with Crippen LogP contribution in [0.3, 0.4) is 0 Å². The summed E-state index contributed by atoms with van der Waals surface area (Å²) in [7, 11) is -1.36. The van der Waals surface area contributed by atoms with Gasteiger partial charge in [-0.05, 0) is 86.9 Å². The van der Waals surface area contributed by atoms with Gasteiger partial charge in [-0.25, -0.2) is 4.21 Å². The number of hydrogen-bond donors (Lipinski definition) is 2. The Morgan fingerprint density at radius 2 is 1.78 bits per heavy atom. The lowest BCUT2D eigenvalue weighted by Gasteiger charge is -2.36. The molecule has 0 bridgehead atoms. The van der Waals surface area contributed by atoms with E-state index in [0.29, 0.717) is 11.8 Å². The van der Waals surface area contributed by atoms with Crippen molar-refractivity contribution in [3.05, 3.63) is 59.1 Å². The quantitative estimate of drug-likeness (QED) is 0.720. The lowest BCUT2D eigenvalue weighted by Crippen LogP contribution is -2.38. The summed E-state index contributed by atoms with van der Waals surface area (Å²) >= 11 is 6.09. The molecule has 0 amide bonds. The molecule has 3 N–H and O–H groups in total. The molecule has 1 fully saturated rings. The highest BCUT2D eigenvalue weighted by Gasteiger charge is 2.34. The van der Waals surface area contributed by atoms with Crippen molar-refractivity contribution in [2.75, 3.05) is 13.1 Å². The number of benzene rings is 2. The second-order valence-corrected chi connectivity index (χ2v) is 10.2. The average Bonchev–Trinajstić information content (AvgIpc) is 2.67. The summed E-state index contributed by atoms with van der Waals surface area (Å²) in [6.45, 7) is 6.11. The van der Waals surface area contributed by atoms with E-state index in [-0.39, 0.29) is 0 Å². The highest BCUT2D eigenvalue weighted by atomic mass is 35.5. The van der Waals surface area contributed by atoms with Gasteiger partial charge in [0.05, 0.1) is 15.7 Å². The van der Waals surface area contributed by atoms with Crippen LogP contribution in [0.1, 0.15) is 44.6 Å². The van der Waals surface area contributed by atoms with Gasteiger partial charge in [-0.3, -0.25) is 5.14 Å². The number of halogens is 1. The molecule has 2 aromatic carbocycles. The Balaban J connectivity index is 2.03. The van der Waals surface area contributed by atoms with Gasteiger partial charge in [-0.1, -0.05) is 48.0 Å². The van der Waals surface area contributed by atoms with Gasteiger partial charge in [-0.15, -0.1) is 0 Å². The monoisotopic (exact) mass is 404 g/mol. The number of rotatable bonds is 6. The standard InChI is InChI=1S/C22H29ClN2OS/c1-22(2,27(24)26)15-21(17-11-13-25-14-12-17)20-6-4-3-5-19(20)16-7-9-18(23)10-8-16/h3-10,17,21,25H,11-15,24H2,1-2H3/t21-,27?/m1/s1. The summed E-state index contributed by atoms with van der Waals surface area (Å²) in [6.07, 6.45) is 3.07. The fourth-order valence-electron chi connectivity index (χ4n) is 4.10. The van der Waals surface area contributed by atoms with E-state index in [9.17, 15) is 4.21 Å². The minimum Gasteiger partial charge on any atom is -0.317 e. The zero-order valence-corrected chi connectivity index (χ0v) is 17.7. The Morgan fingerprint density at radius 1 is 1.15 bits per heavy atom. The zero-order chi connectivity index (χ0) is 19.4. The molecule has 1 aliphatic heterocycles. The first-order chi connectivity index (χ1) is 12.9. The van der Waals surface area contributed by atoms with Gasteiger partial charge < -0.3 is 5.32 Å². The van der Waals surface area contributed by atoms with Crippen LogP contribution in [0.4, 0.5) is 0 Å². The van der Waals surface area contributed by atoms with E-state index in [1.165, 1.54) is 16.7 Å². The first kappa shape index (κ1) is 20.5. The lowest BCUT2D eigenvalue weighted by molar-refractivity contribution is 0.294. The van der Waals surface area contributed by atoms with E-state index in [0.717, 1.165) is 37.4 Å². The van der Waals surface area contributed by atoms with Crippen molar-refractivity contribution in [1.82, 2.24) is 5.32 Å². The van der Waals surface area contributed by atoms with Crippen molar-refractivity contribution >= 4 is 22.6 Å². The Bertz CT molecular complexity index is 785. The topological polar surface area (TPSA) is 55.1 Å². The molecule has 1 unspecified atom stereocenters.